The summed E-state index contributed by atoms with van der Waals surface area (Å²) in [5.41, 5.74) is 12.7. The van der Waals surface area contributed by atoms with Crippen LogP contribution in [0, 0.1) is 0 Å². The average Bonchev–Trinajstić information content (AvgIpc) is 4.21. The molecule has 0 atom stereocenters. The predicted molar refractivity (Wildman–Crippen MR) is 336 cm³/mol. The van der Waals surface area contributed by atoms with Gasteiger partial charge in [0.25, 0.3) is 0 Å². The van der Waals surface area contributed by atoms with E-state index < -0.39 is 0 Å². The lowest BCUT2D eigenvalue weighted by molar-refractivity contribution is 1.07. The van der Waals surface area contributed by atoms with Crippen LogP contribution in [0.1, 0.15) is 0 Å². The van der Waals surface area contributed by atoms with Crippen molar-refractivity contribution in [2.45, 2.75) is 0 Å². The van der Waals surface area contributed by atoms with E-state index in [0.717, 1.165) is 44.8 Å². The van der Waals surface area contributed by atoms with E-state index in [1.807, 2.05) is 121 Å². The molecule has 0 radical (unpaired) electrons. The van der Waals surface area contributed by atoms with Crippen molar-refractivity contribution in [2.24, 2.45) is 0 Å². The topological polar surface area (TPSA) is 87.2 Å². The van der Waals surface area contributed by atoms with Gasteiger partial charge >= 0.3 is 0 Å². The second-order valence-electron chi connectivity index (χ2n) is 20.3. The summed E-state index contributed by atoms with van der Waals surface area (Å²) in [6.45, 7) is 0. The number of benzene rings is 12. The van der Waals surface area contributed by atoms with Gasteiger partial charge in [-0.1, -0.05) is 212 Å². The number of hydrogen-bond acceptors (Lipinski definition) is 6. The lowest BCUT2D eigenvalue weighted by Gasteiger charge is -2.11. The van der Waals surface area contributed by atoms with E-state index in [1.165, 1.54) is 65.2 Å². The van der Waals surface area contributed by atoms with Crippen LogP contribution in [0.2, 0.25) is 0 Å². The Bertz CT molecular complexity index is 4710. The van der Waals surface area contributed by atoms with Crippen molar-refractivity contribution in [3.8, 4) is 79.7 Å². The minimum Gasteiger partial charge on any atom is -0.309 e. The van der Waals surface area contributed by atoms with Crippen LogP contribution < -0.4 is 0 Å². The first-order chi connectivity index (χ1) is 40.6. The molecular weight excluding hydrogens is 1000 g/mol. The monoisotopic (exact) mass is 1050 g/mol. The fourth-order valence-electron chi connectivity index (χ4n) is 11.3. The number of fused-ring (bicyclic) bond motifs is 9. The van der Waals surface area contributed by atoms with Crippen molar-refractivity contribution in [3.05, 3.63) is 291 Å². The Kier molecular flexibility index (Phi) is 12.0. The summed E-state index contributed by atoms with van der Waals surface area (Å²) in [4.78, 5) is 29.2. The van der Waals surface area contributed by atoms with E-state index in [0.29, 0.717) is 34.9 Å². The minimum absolute atomic E-state index is 0.650. The van der Waals surface area contributed by atoms with Gasteiger partial charge in [-0.3, -0.25) is 0 Å². The number of para-hydroxylation sites is 2. The van der Waals surface area contributed by atoms with Crippen molar-refractivity contribution < 1.29 is 0 Å². The van der Waals surface area contributed by atoms with Gasteiger partial charge in [-0.25, -0.2) is 29.9 Å². The molecule has 0 saturated heterocycles. The molecule has 0 aliphatic carbocycles. The van der Waals surface area contributed by atoms with Gasteiger partial charge in [0.1, 0.15) is 0 Å². The molecule has 384 valence electrons. The van der Waals surface area contributed by atoms with Crippen molar-refractivity contribution in [3.63, 3.8) is 0 Å². The summed E-state index contributed by atoms with van der Waals surface area (Å²) in [5, 5.41) is 10.0. The van der Waals surface area contributed by atoms with Crippen molar-refractivity contribution in [2.75, 3.05) is 0 Å². The third-order valence-corrected chi connectivity index (χ3v) is 15.3. The van der Waals surface area contributed by atoms with Crippen LogP contribution in [-0.4, -0.2) is 39.0 Å². The Morgan fingerprint density at radius 2 is 0.524 bits per heavy atom. The maximum Gasteiger partial charge on any atom is 0.164 e. The fourth-order valence-corrected chi connectivity index (χ4v) is 11.3. The summed E-state index contributed by atoms with van der Waals surface area (Å²) >= 11 is 0. The normalized spacial score (nSPS) is 11.4. The summed E-state index contributed by atoms with van der Waals surface area (Å²) in [6, 6.07) is 101. The number of hydrogen-bond donors (Lipinski definition) is 0. The van der Waals surface area contributed by atoms with Gasteiger partial charge in [0.05, 0.1) is 22.1 Å². The number of nitrogens with zero attached hydrogens (tertiary/aromatic N) is 8. The lowest BCUT2D eigenvalue weighted by atomic mass is 10.0. The minimum atomic E-state index is 0.650. The van der Waals surface area contributed by atoms with Crippen molar-refractivity contribution in [1.82, 2.24) is 39.0 Å². The number of rotatable bonds is 8. The van der Waals surface area contributed by atoms with Crippen LogP contribution in [0.15, 0.2) is 291 Å². The molecule has 12 aromatic carbocycles. The van der Waals surface area contributed by atoms with E-state index in [4.69, 9.17) is 29.9 Å². The average molecular weight is 1050 g/mol. The zero-order valence-electron chi connectivity index (χ0n) is 44.3. The third-order valence-electron chi connectivity index (χ3n) is 15.3. The van der Waals surface area contributed by atoms with Gasteiger partial charge in [0.15, 0.2) is 34.9 Å². The van der Waals surface area contributed by atoms with E-state index >= 15 is 0 Å². The second-order valence-corrected chi connectivity index (χ2v) is 20.3. The van der Waals surface area contributed by atoms with Gasteiger partial charge in [-0.15, -0.1) is 0 Å². The van der Waals surface area contributed by atoms with Gasteiger partial charge < -0.3 is 9.13 Å². The molecule has 0 bridgehead atoms. The zero-order valence-corrected chi connectivity index (χ0v) is 44.3. The molecule has 0 aliphatic rings. The van der Waals surface area contributed by atoms with E-state index in [9.17, 15) is 0 Å². The Hall–Kier alpha value is -11.2. The molecule has 4 heterocycles. The molecule has 0 amide bonds. The first kappa shape index (κ1) is 47.9. The summed E-state index contributed by atoms with van der Waals surface area (Å²) in [7, 11) is 0. The van der Waals surface area contributed by atoms with Crippen LogP contribution in [-0.2, 0) is 0 Å². The molecular formula is C74H48N8. The lowest BCUT2D eigenvalue weighted by Crippen LogP contribution is -2.00. The molecule has 0 unspecified atom stereocenters. The Balaban J connectivity index is 0.000000140. The van der Waals surface area contributed by atoms with Gasteiger partial charge in [0.2, 0.25) is 0 Å². The highest BCUT2D eigenvalue weighted by Crippen LogP contribution is 2.39. The molecule has 0 saturated carbocycles. The molecule has 4 aromatic heterocycles. The molecule has 0 aliphatic heterocycles. The second kappa shape index (κ2) is 20.5. The summed E-state index contributed by atoms with van der Waals surface area (Å²) in [6.07, 6.45) is 0. The molecule has 8 heteroatoms. The highest BCUT2D eigenvalue weighted by molar-refractivity contribution is 6.21. The predicted octanol–water partition coefficient (Wildman–Crippen LogP) is 18.2. The largest absolute Gasteiger partial charge is 0.309 e. The van der Waals surface area contributed by atoms with Crippen LogP contribution in [0.4, 0.5) is 0 Å². The third kappa shape index (κ3) is 8.77. The quantitative estimate of drug-likeness (QED) is 0.151. The van der Waals surface area contributed by atoms with E-state index in [2.05, 4.69) is 179 Å². The standard InChI is InChI=1S/2C37H24N4/c1-3-12-26(13-4-1)35-38-36(27-14-5-2-6-15-27)40-37(39-35)28-19-22-29(23-20-28)41-32-18-10-9-17-31(32)34-30-16-8-7-11-25(30)21-24-33(34)41;1-3-11-25(12-4-1)35-38-36(26-13-5-2-6-14-26)40-37(39-35)27-19-21-30(22-20-27)41-33-18-10-9-17-31(33)32-23-28-15-7-8-16-29(28)24-34(32)41/h2*1-24H. The van der Waals surface area contributed by atoms with E-state index in [-0.39, 0.29) is 0 Å². The van der Waals surface area contributed by atoms with Gasteiger partial charge in [-0.2, -0.15) is 0 Å². The van der Waals surface area contributed by atoms with Gasteiger partial charge in [0, 0.05) is 66.3 Å². The summed E-state index contributed by atoms with van der Waals surface area (Å²) < 4.78 is 4.69. The first-order valence-electron chi connectivity index (χ1n) is 27.4. The zero-order chi connectivity index (χ0) is 54.3. The van der Waals surface area contributed by atoms with Crippen molar-refractivity contribution >= 4 is 65.2 Å². The van der Waals surface area contributed by atoms with Gasteiger partial charge in [-0.05, 0) is 100 Å². The Morgan fingerprint density at radius 1 is 0.195 bits per heavy atom. The number of aromatic nitrogens is 8. The van der Waals surface area contributed by atoms with Crippen LogP contribution >= 0.6 is 0 Å². The van der Waals surface area contributed by atoms with Crippen LogP contribution in [0.25, 0.3) is 145 Å². The highest BCUT2D eigenvalue weighted by Gasteiger charge is 2.19. The molecule has 16 rings (SSSR count). The van der Waals surface area contributed by atoms with Crippen LogP contribution in [0.3, 0.4) is 0 Å². The Labute approximate surface area is 472 Å². The highest BCUT2D eigenvalue weighted by atomic mass is 15.0. The molecule has 82 heavy (non-hydrogen) atoms. The first-order valence-corrected chi connectivity index (χ1v) is 27.4. The molecule has 0 spiro atoms. The molecule has 0 N–H and O–H groups in total. The fraction of sp³-hybridized carbons (Fsp3) is 0. The molecule has 8 nitrogen and oxygen atoms in total. The maximum absolute atomic E-state index is 4.90. The smallest absolute Gasteiger partial charge is 0.164 e. The summed E-state index contributed by atoms with van der Waals surface area (Å²) in [5.74, 6) is 3.94. The van der Waals surface area contributed by atoms with Crippen molar-refractivity contribution in [1.29, 1.82) is 0 Å². The molecule has 0 fully saturated rings. The Morgan fingerprint density at radius 3 is 0.976 bits per heavy atom. The maximum atomic E-state index is 4.90. The SMILES string of the molecule is c1ccc(-c2nc(-c3ccccc3)nc(-c3ccc(-n4c5ccccc5c5c6ccccc6ccc54)cc3)n2)cc1.c1ccc(-c2nc(-c3ccccc3)nc(-c3ccc(-n4c5ccccc5c5cc6ccccc6cc54)cc3)n2)cc1. The van der Waals surface area contributed by atoms with E-state index in [1.54, 1.807) is 0 Å². The van der Waals surface area contributed by atoms with Crippen LogP contribution in [0.5, 0.6) is 0 Å². The molecule has 16 aromatic rings.